The van der Waals surface area contributed by atoms with Gasteiger partial charge in [0, 0.05) is 0 Å². The number of rotatable bonds is 2. The molecular formula is C32H42Cl2Hf. The van der Waals surface area contributed by atoms with Crippen LogP contribution in [0.4, 0.5) is 0 Å². The molecular weight excluding hydrogens is 634 g/mol. The predicted molar refractivity (Wildman–Crippen MR) is 143 cm³/mol. The fourth-order valence-electron chi connectivity index (χ4n) is 5.28. The standard InChI is InChI=1S/C21H25.C10H15.CH2.2ClH.Hf/c1-20(2,3)16-9-7-14-11-15-8-10-17(21(4,5)6)13-19(15)18(14)12-16;1-8-5-6-9(7-8)10(2,3)4;;;;/h7-13H,1-6H3;6-8H,1-4H3;1H2;2*1H;/q;;;;;+2/p-2. The van der Waals surface area contributed by atoms with Gasteiger partial charge in [-0.25, -0.2) is 0 Å². The number of benzene rings is 2. The van der Waals surface area contributed by atoms with Gasteiger partial charge in [0.1, 0.15) is 0 Å². The molecule has 0 heterocycles. The van der Waals surface area contributed by atoms with Crippen molar-refractivity contribution in [3.63, 3.8) is 0 Å². The van der Waals surface area contributed by atoms with Gasteiger partial charge in [0.25, 0.3) is 0 Å². The molecule has 0 radical (unpaired) electrons. The van der Waals surface area contributed by atoms with Crippen molar-refractivity contribution in [1.82, 2.24) is 0 Å². The van der Waals surface area contributed by atoms with E-state index in [1.54, 1.807) is 14.5 Å². The summed E-state index contributed by atoms with van der Waals surface area (Å²) in [6.07, 6.45) is 5.05. The Bertz CT molecular complexity index is 1130. The van der Waals surface area contributed by atoms with Gasteiger partial charge in [-0.1, -0.05) is 0 Å². The van der Waals surface area contributed by atoms with E-state index in [9.17, 15) is 0 Å². The van der Waals surface area contributed by atoms with Crippen molar-refractivity contribution in [2.45, 2.75) is 83.7 Å². The molecule has 3 heteroatoms. The first kappa shape index (κ1) is 30.5. The minimum absolute atomic E-state index is 0. The maximum atomic E-state index is 5.02. The summed E-state index contributed by atoms with van der Waals surface area (Å²) >= 11 is -2.43. The van der Waals surface area contributed by atoms with E-state index in [0.29, 0.717) is 9.59 Å². The van der Waals surface area contributed by atoms with Gasteiger partial charge in [-0.15, -0.1) is 0 Å². The Morgan fingerprint density at radius 3 is 1.46 bits per heavy atom. The Morgan fingerprint density at radius 1 is 0.686 bits per heavy atom. The van der Waals surface area contributed by atoms with Crippen LogP contribution in [-0.2, 0) is 31.8 Å². The largest absolute Gasteiger partial charge is 1.00 e. The van der Waals surface area contributed by atoms with Crippen molar-refractivity contribution >= 4 is 4.26 Å². The molecule has 0 N–H and O–H groups in total. The molecule has 2 aliphatic rings. The smallest absolute Gasteiger partial charge is 1.00 e. The molecule has 0 saturated heterocycles. The first-order valence-electron chi connectivity index (χ1n) is 12.5. The summed E-state index contributed by atoms with van der Waals surface area (Å²) in [5.74, 6) is 0.536. The summed E-state index contributed by atoms with van der Waals surface area (Å²) < 4.78 is 7.23. The van der Waals surface area contributed by atoms with Crippen molar-refractivity contribution < 1.29 is 45.8 Å². The number of hydrogen-bond acceptors (Lipinski definition) is 0. The van der Waals surface area contributed by atoms with Crippen LogP contribution in [0.15, 0.2) is 57.5 Å². The number of hydrogen-bond donors (Lipinski definition) is 0. The van der Waals surface area contributed by atoms with Crippen LogP contribution in [0.2, 0.25) is 0 Å². The van der Waals surface area contributed by atoms with Crippen molar-refractivity contribution in [1.29, 1.82) is 0 Å². The van der Waals surface area contributed by atoms with E-state index in [2.05, 4.69) is 118 Å². The molecule has 2 aromatic carbocycles. The van der Waals surface area contributed by atoms with E-state index in [1.165, 1.54) is 27.8 Å². The van der Waals surface area contributed by atoms with Crippen molar-refractivity contribution in [3.05, 3.63) is 79.7 Å². The van der Waals surface area contributed by atoms with E-state index in [-0.39, 0.29) is 41.1 Å². The normalized spacial score (nSPS) is 17.3. The Kier molecular flexibility index (Phi) is 8.87. The number of allylic oxidation sites excluding steroid dienone is 4. The van der Waals surface area contributed by atoms with Crippen LogP contribution in [0.25, 0.3) is 11.1 Å². The fourth-order valence-corrected chi connectivity index (χ4v) is 14.6. The Hall–Kier alpha value is -0.760. The zero-order valence-corrected chi connectivity index (χ0v) is 28.3. The second-order valence-electron chi connectivity index (χ2n) is 13.3. The molecule has 0 nitrogen and oxygen atoms in total. The van der Waals surface area contributed by atoms with Gasteiger partial charge in [-0.2, -0.15) is 0 Å². The number of halogens is 2. The van der Waals surface area contributed by atoms with E-state index < -0.39 is 21.0 Å². The van der Waals surface area contributed by atoms with Gasteiger partial charge in [-0.3, -0.25) is 0 Å². The fraction of sp³-hybridized carbons (Fsp3) is 0.469. The molecule has 0 bridgehead atoms. The average Bonchev–Trinajstić information content (AvgIpc) is 3.23. The predicted octanol–water partition coefficient (Wildman–Crippen LogP) is 2.92. The van der Waals surface area contributed by atoms with Crippen LogP contribution >= 0.6 is 0 Å². The third kappa shape index (κ3) is 5.73. The van der Waals surface area contributed by atoms with Crippen molar-refractivity contribution in [2.24, 2.45) is 11.3 Å². The Morgan fingerprint density at radius 2 is 1.11 bits per heavy atom. The monoisotopic (exact) mass is 676 g/mol. The maximum absolute atomic E-state index is 5.02. The summed E-state index contributed by atoms with van der Waals surface area (Å²) in [6.45, 7) is 23.3. The summed E-state index contributed by atoms with van der Waals surface area (Å²) in [5.41, 5.74) is 10.9. The first-order valence-corrected chi connectivity index (χ1v) is 18.9. The SMILES string of the molecule is [CH2]=[Hf+2]([C]1=CC(C(C)(C)C)=CC1C)[CH]1c2ccc(C(C)(C)C)cc2-c2cc(C(C)(C)C)ccc21.[Cl-].[Cl-]. The molecule has 0 aliphatic heterocycles. The summed E-state index contributed by atoms with van der Waals surface area (Å²) in [5, 5.41) is 0. The Labute approximate surface area is 234 Å². The second-order valence-corrected chi connectivity index (χ2v) is 21.2. The quantitative estimate of drug-likeness (QED) is 0.430. The maximum Gasteiger partial charge on any atom is -1.00 e. The molecule has 0 saturated carbocycles. The first-order chi connectivity index (χ1) is 15.1. The van der Waals surface area contributed by atoms with Gasteiger partial charge < -0.3 is 24.8 Å². The zero-order chi connectivity index (χ0) is 24.5. The molecule has 1 unspecified atom stereocenters. The van der Waals surface area contributed by atoms with Gasteiger partial charge in [0.2, 0.25) is 0 Å². The van der Waals surface area contributed by atoms with Gasteiger partial charge in [-0.05, 0) is 0 Å². The molecule has 35 heavy (non-hydrogen) atoms. The minimum atomic E-state index is -2.43. The van der Waals surface area contributed by atoms with Crippen LogP contribution in [-0.4, -0.2) is 4.26 Å². The molecule has 0 amide bonds. The van der Waals surface area contributed by atoms with E-state index in [4.69, 9.17) is 4.26 Å². The molecule has 4 rings (SSSR count). The van der Waals surface area contributed by atoms with E-state index in [0.717, 1.165) is 0 Å². The van der Waals surface area contributed by atoms with Gasteiger partial charge >= 0.3 is 211 Å². The summed E-state index contributed by atoms with van der Waals surface area (Å²) in [6, 6.07) is 14.6. The average molecular weight is 676 g/mol. The molecule has 1 atom stereocenters. The van der Waals surface area contributed by atoms with Crippen molar-refractivity contribution in [2.75, 3.05) is 0 Å². The summed E-state index contributed by atoms with van der Waals surface area (Å²) in [7, 11) is 0. The molecule has 0 fully saturated rings. The van der Waals surface area contributed by atoms with Gasteiger partial charge in [0.15, 0.2) is 0 Å². The van der Waals surface area contributed by atoms with Crippen LogP contribution in [0.1, 0.15) is 95.2 Å². The molecule has 0 spiro atoms. The summed E-state index contributed by atoms with van der Waals surface area (Å²) in [4.78, 5) is 0. The number of fused-ring (bicyclic) bond motifs is 3. The third-order valence-electron chi connectivity index (χ3n) is 7.57. The topological polar surface area (TPSA) is 0 Å². The second kappa shape index (κ2) is 10.2. The zero-order valence-electron chi connectivity index (χ0n) is 23.2. The van der Waals surface area contributed by atoms with Crippen LogP contribution in [0, 0.1) is 11.3 Å². The minimum Gasteiger partial charge on any atom is -1.00 e. The van der Waals surface area contributed by atoms with Gasteiger partial charge in [0.05, 0.1) is 0 Å². The van der Waals surface area contributed by atoms with Crippen LogP contribution in [0.5, 0.6) is 0 Å². The Balaban J connectivity index is 0.00000216. The molecule has 2 aromatic rings. The van der Waals surface area contributed by atoms with Crippen LogP contribution < -0.4 is 24.8 Å². The third-order valence-corrected chi connectivity index (χ3v) is 17.1. The molecule has 188 valence electrons. The van der Waals surface area contributed by atoms with E-state index in [1.807, 2.05) is 0 Å². The van der Waals surface area contributed by atoms with Crippen LogP contribution in [0.3, 0.4) is 0 Å². The van der Waals surface area contributed by atoms with E-state index >= 15 is 0 Å². The molecule has 0 aromatic heterocycles. The van der Waals surface area contributed by atoms with Crippen molar-refractivity contribution in [3.8, 4) is 11.1 Å². The molecule has 2 aliphatic carbocycles.